The van der Waals surface area contributed by atoms with Crippen molar-refractivity contribution in [3.63, 3.8) is 0 Å². The fraction of sp³-hybridized carbons (Fsp3) is 0.556. The average Bonchev–Trinajstić information content (AvgIpc) is 2.71. The highest BCUT2D eigenvalue weighted by Crippen LogP contribution is 2.35. The van der Waals surface area contributed by atoms with Crippen LogP contribution in [0.15, 0.2) is 21.0 Å². The van der Waals surface area contributed by atoms with E-state index in [4.69, 9.17) is 4.42 Å². The van der Waals surface area contributed by atoms with Crippen molar-refractivity contribution in [2.24, 2.45) is 0 Å². The van der Waals surface area contributed by atoms with E-state index in [0.29, 0.717) is 5.92 Å². The Morgan fingerprint density at radius 3 is 2.43 bits per heavy atom. The third-order valence-corrected chi connectivity index (χ3v) is 4.18. The van der Waals surface area contributed by atoms with Gasteiger partial charge in [0.2, 0.25) is 0 Å². The van der Waals surface area contributed by atoms with Crippen molar-refractivity contribution < 1.29 is 4.42 Å². The van der Waals surface area contributed by atoms with Crippen LogP contribution in [0.3, 0.4) is 0 Å². The van der Waals surface area contributed by atoms with Gasteiger partial charge in [-0.1, -0.05) is 36.7 Å². The number of fused-ring (bicyclic) bond motifs is 1. The predicted molar refractivity (Wildman–Crippen MR) is 94.0 cm³/mol. The van der Waals surface area contributed by atoms with Gasteiger partial charge < -0.3 is 9.73 Å². The van der Waals surface area contributed by atoms with Crippen LogP contribution in [0.4, 0.5) is 0 Å². The van der Waals surface area contributed by atoms with Gasteiger partial charge in [-0.05, 0) is 50.8 Å². The van der Waals surface area contributed by atoms with E-state index in [-0.39, 0.29) is 5.54 Å². The second kappa shape index (κ2) is 6.13. The highest BCUT2D eigenvalue weighted by atomic mass is 79.9. The second-order valence-electron chi connectivity index (χ2n) is 6.99. The fourth-order valence-electron chi connectivity index (χ4n) is 2.59. The van der Waals surface area contributed by atoms with Crippen molar-refractivity contribution >= 4 is 26.9 Å². The minimum Gasteiger partial charge on any atom is -0.459 e. The van der Waals surface area contributed by atoms with Crippen molar-refractivity contribution in [3.05, 3.63) is 33.5 Å². The number of benzene rings is 1. The lowest BCUT2D eigenvalue weighted by Crippen LogP contribution is -2.35. The monoisotopic (exact) mass is 351 g/mol. The zero-order valence-electron chi connectivity index (χ0n) is 13.9. The molecule has 1 heterocycles. The van der Waals surface area contributed by atoms with Gasteiger partial charge in [-0.25, -0.2) is 0 Å². The molecule has 1 aromatic heterocycles. The molecule has 0 amide bonds. The molecule has 2 aromatic rings. The summed E-state index contributed by atoms with van der Waals surface area (Å²) in [6.07, 6.45) is 0.988. The van der Waals surface area contributed by atoms with Crippen LogP contribution in [-0.4, -0.2) is 5.54 Å². The van der Waals surface area contributed by atoms with E-state index in [1.807, 2.05) is 0 Å². The number of furan rings is 1. The molecule has 1 N–H and O–H groups in total. The van der Waals surface area contributed by atoms with Gasteiger partial charge in [0.25, 0.3) is 0 Å². The molecule has 3 heteroatoms. The molecule has 0 saturated heterocycles. The van der Waals surface area contributed by atoms with Crippen molar-refractivity contribution in [1.29, 1.82) is 0 Å². The standard InChI is InChI=1S/C18H26BrNO/c1-7-13-15-9-12(19)8-14(11(2)3)17(15)21-16(13)10-20-18(4,5)6/h8-9,11,20H,7,10H2,1-6H3. The molecule has 0 aliphatic carbocycles. The summed E-state index contributed by atoms with van der Waals surface area (Å²) in [5, 5.41) is 4.78. The maximum absolute atomic E-state index is 6.25. The van der Waals surface area contributed by atoms with Crippen LogP contribution in [0, 0.1) is 0 Å². The average molecular weight is 352 g/mol. The zero-order chi connectivity index (χ0) is 15.8. The third kappa shape index (κ3) is 3.70. The molecule has 0 radical (unpaired) electrons. The Morgan fingerprint density at radius 1 is 1.24 bits per heavy atom. The molecule has 1 aromatic carbocycles. The molecule has 0 spiro atoms. The summed E-state index contributed by atoms with van der Waals surface area (Å²) in [7, 11) is 0. The molecule has 0 saturated carbocycles. The zero-order valence-corrected chi connectivity index (χ0v) is 15.5. The lowest BCUT2D eigenvalue weighted by molar-refractivity contribution is 0.393. The Labute approximate surface area is 136 Å². The minimum absolute atomic E-state index is 0.0887. The van der Waals surface area contributed by atoms with Gasteiger partial charge in [0.05, 0.1) is 6.54 Å². The number of hydrogen-bond donors (Lipinski definition) is 1. The maximum atomic E-state index is 6.25. The first kappa shape index (κ1) is 16.6. The molecular formula is C18H26BrNO. The Hall–Kier alpha value is -0.800. The largest absolute Gasteiger partial charge is 0.459 e. The molecular weight excluding hydrogens is 326 g/mol. The first-order valence-electron chi connectivity index (χ1n) is 7.71. The molecule has 116 valence electrons. The third-order valence-electron chi connectivity index (χ3n) is 3.72. The summed E-state index contributed by atoms with van der Waals surface area (Å²) in [6.45, 7) is 13.9. The van der Waals surface area contributed by atoms with Crippen LogP contribution in [0.5, 0.6) is 0 Å². The highest BCUT2D eigenvalue weighted by Gasteiger charge is 2.19. The summed E-state index contributed by atoms with van der Waals surface area (Å²) in [6, 6.07) is 4.36. The maximum Gasteiger partial charge on any atom is 0.138 e. The Balaban J connectivity index is 2.55. The van der Waals surface area contributed by atoms with Crippen molar-refractivity contribution in [2.75, 3.05) is 0 Å². The van der Waals surface area contributed by atoms with Crippen LogP contribution in [0.1, 0.15) is 64.3 Å². The van der Waals surface area contributed by atoms with Crippen molar-refractivity contribution in [3.8, 4) is 0 Å². The SMILES string of the molecule is CCc1c(CNC(C)(C)C)oc2c(C(C)C)cc(Br)cc12. The quantitative estimate of drug-likeness (QED) is 0.756. The molecule has 0 bridgehead atoms. The van der Waals surface area contributed by atoms with E-state index < -0.39 is 0 Å². The normalized spacial score (nSPS) is 12.6. The number of rotatable bonds is 4. The summed E-state index contributed by atoms with van der Waals surface area (Å²) < 4.78 is 7.38. The Bertz CT molecular complexity index is 635. The molecule has 0 fully saturated rings. The van der Waals surface area contributed by atoms with Gasteiger partial charge in [0.15, 0.2) is 0 Å². The smallest absolute Gasteiger partial charge is 0.138 e. The Morgan fingerprint density at radius 2 is 1.90 bits per heavy atom. The van der Waals surface area contributed by atoms with Gasteiger partial charge in [0.1, 0.15) is 11.3 Å². The van der Waals surface area contributed by atoms with E-state index >= 15 is 0 Å². The van der Waals surface area contributed by atoms with Crippen LogP contribution < -0.4 is 5.32 Å². The predicted octanol–water partition coefficient (Wildman–Crippen LogP) is 5.77. The summed E-state index contributed by atoms with van der Waals surface area (Å²) >= 11 is 3.64. The number of nitrogens with one attached hydrogen (secondary N) is 1. The molecule has 0 unspecified atom stereocenters. The number of hydrogen-bond acceptors (Lipinski definition) is 2. The van der Waals surface area contributed by atoms with Gasteiger partial charge in [-0.3, -0.25) is 0 Å². The molecule has 0 atom stereocenters. The summed E-state index contributed by atoms with van der Waals surface area (Å²) in [5.41, 5.74) is 3.74. The summed E-state index contributed by atoms with van der Waals surface area (Å²) in [5.74, 6) is 1.52. The highest BCUT2D eigenvalue weighted by molar-refractivity contribution is 9.10. The topological polar surface area (TPSA) is 25.2 Å². The van der Waals surface area contributed by atoms with Crippen LogP contribution in [0.25, 0.3) is 11.0 Å². The molecule has 2 nitrogen and oxygen atoms in total. The lowest BCUT2D eigenvalue weighted by atomic mass is 9.99. The van der Waals surface area contributed by atoms with Gasteiger partial charge in [-0.2, -0.15) is 0 Å². The van der Waals surface area contributed by atoms with Gasteiger partial charge in [0, 0.05) is 21.0 Å². The first-order chi connectivity index (χ1) is 9.73. The van der Waals surface area contributed by atoms with Crippen LogP contribution in [0.2, 0.25) is 0 Å². The summed E-state index contributed by atoms with van der Waals surface area (Å²) in [4.78, 5) is 0. The second-order valence-corrected chi connectivity index (χ2v) is 7.90. The number of aryl methyl sites for hydroxylation is 1. The molecule has 0 aliphatic heterocycles. The van der Waals surface area contributed by atoms with Gasteiger partial charge in [-0.15, -0.1) is 0 Å². The molecule has 21 heavy (non-hydrogen) atoms. The van der Waals surface area contributed by atoms with E-state index in [2.05, 4.69) is 74.9 Å². The lowest BCUT2D eigenvalue weighted by Gasteiger charge is -2.19. The van der Waals surface area contributed by atoms with E-state index in [1.54, 1.807) is 0 Å². The van der Waals surface area contributed by atoms with E-state index in [9.17, 15) is 0 Å². The van der Waals surface area contributed by atoms with Crippen molar-refractivity contribution in [1.82, 2.24) is 5.32 Å². The molecule has 2 rings (SSSR count). The van der Waals surface area contributed by atoms with Crippen LogP contribution >= 0.6 is 15.9 Å². The number of halogens is 1. The first-order valence-corrected chi connectivity index (χ1v) is 8.51. The fourth-order valence-corrected chi connectivity index (χ4v) is 3.07. The van der Waals surface area contributed by atoms with Gasteiger partial charge >= 0.3 is 0 Å². The minimum atomic E-state index is 0.0887. The van der Waals surface area contributed by atoms with E-state index in [0.717, 1.165) is 28.8 Å². The Kier molecular flexibility index (Phi) is 4.84. The van der Waals surface area contributed by atoms with Crippen LogP contribution in [-0.2, 0) is 13.0 Å². The van der Waals surface area contributed by atoms with E-state index in [1.165, 1.54) is 16.5 Å². The van der Waals surface area contributed by atoms with Crippen molar-refractivity contribution in [2.45, 2.75) is 66.0 Å². The molecule has 0 aliphatic rings.